The molecule has 1 nitrogen and oxygen atoms in total. The fraction of sp³-hybridized carbons (Fsp3) is 0.0256. The lowest BCUT2D eigenvalue weighted by Gasteiger charge is -2.30. The third kappa shape index (κ3) is 3.99. The highest BCUT2D eigenvalue weighted by Crippen LogP contribution is 2.47. The highest BCUT2D eigenvalue weighted by Gasteiger charge is 2.21. The molecule has 7 aromatic carbocycles. The zero-order valence-electron chi connectivity index (χ0n) is 22.7. The molecule has 1 heterocycles. The summed E-state index contributed by atoms with van der Waals surface area (Å²) in [6, 6.07) is 53.2. The minimum atomic E-state index is 1.16. The molecule has 0 unspecified atom stereocenters. The Labute approximate surface area is 243 Å². The van der Waals surface area contributed by atoms with Gasteiger partial charge in [-0.05, 0) is 82.1 Å². The standard InChI is InChI=1S/C39H27NS/c1-26-10-2-8-16-35(26)40(31-21-23-38-34(25-31)33-15-7-9-17-37(33)41-38)36-22-20-28-12-5-6-14-32(28)39(36)30-19-18-27-11-3-4-13-29(27)24-30/h2-25H,1H3. The molecule has 0 atom stereocenters. The molecule has 0 aliphatic heterocycles. The first kappa shape index (κ1) is 23.9. The van der Waals surface area contributed by atoms with Crippen LogP contribution in [0.1, 0.15) is 5.56 Å². The lowest BCUT2D eigenvalue weighted by molar-refractivity contribution is 1.26. The molecule has 8 aromatic rings. The molecular formula is C39H27NS. The van der Waals surface area contributed by atoms with Crippen molar-refractivity contribution in [1.82, 2.24) is 0 Å². The molecule has 8 rings (SSSR count). The lowest BCUT2D eigenvalue weighted by Crippen LogP contribution is -2.12. The number of para-hydroxylation sites is 1. The molecule has 0 saturated heterocycles. The second kappa shape index (κ2) is 9.62. The molecule has 1 aromatic heterocycles. The van der Waals surface area contributed by atoms with Crippen LogP contribution in [-0.4, -0.2) is 0 Å². The SMILES string of the molecule is Cc1ccccc1N(c1ccc2sc3ccccc3c2c1)c1ccc2ccccc2c1-c1ccc2ccccc2c1. The van der Waals surface area contributed by atoms with Crippen LogP contribution in [0.2, 0.25) is 0 Å². The molecule has 41 heavy (non-hydrogen) atoms. The van der Waals surface area contributed by atoms with E-state index in [4.69, 9.17) is 0 Å². The second-order valence-corrected chi connectivity index (χ2v) is 11.7. The summed E-state index contributed by atoms with van der Waals surface area (Å²) in [5.41, 5.74) is 7.22. The van der Waals surface area contributed by atoms with E-state index in [1.54, 1.807) is 0 Å². The van der Waals surface area contributed by atoms with E-state index in [0.717, 1.165) is 5.69 Å². The maximum absolute atomic E-state index is 2.46. The van der Waals surface area contributed by atoms with E-state index in [-0.39, 0.29) is 0 Å². The average molecular weight is 542 g/mol. The summed E-state index contributed by atoms with van der Waals surface area (Å²) in [6.45, 7) is 2.21. The van der Waals surface area contributed by atoms with Crippen LogP contribution in [0.4, 0.5) is 17.1 Å². The number of aryl methyl sites for hydroxylation is 1. The number of nitrogens with zero attached hydrogens (tertiary/aromatic N) is 1. The van der Waals surface area contributed by atoms with Gasteiger partial charge in [0.05, 0.1) is 5.69 Å². The van der Waals surface area contributed by atoms with Gasteiger partial charge in [0.15, 0.2) is 0 Å². The largest absolute Gasteiger partial charge is 0.310 e. The molecule has 0 bridgehead atoms. The van der Waals surface area contributed by atoms with Crippen molar-refractivity contribution in [2.45, 2.75) is 6.92 Å². The first-order valence-corrected chi connectivity index (χ1v) is 14.8. The molecule has 0 saturated carbocycles. The summed E-state index contributed by atoms with van der Waals surface area (Å²) < 4.78 is 2.64. The molecule has 0 radical (unpaired) electrons. The number of fused-ring (bicyclic) bond motifs is 5. The van der Waals surface area contributed by atoms with Crippen molar-refractivity contribution >= 4 is 70.1 Å². The van der Waals surface area contributed by atoms with Gasteiger partial charge >= 0.3 is 0 Å². The van der Waals surface area contributed by atoms with Gasteiger partial charge < -0.3 is 4.90 Å². The van der Waals surface area contributed by atoms with Crippen LogP contribution in [0.3, 0.4) is 0 Å². The highest BCUT2D eigenvalue weighted by molar-refractivity contribution is 7.25. The Morgan fingerprint density at radius 2 is 1.15 bits per heavy atom. The molecule has 0 N–H and O–H groups in total. The molecule has 0 fully saturated rings. The predicted octanol–water partition coefficient (Wildman–Crippen LogP) is 11.8. The monoisotopic (exact) mass is 541 g/mol. The van der Waals surface area contributed by atoms with Crippen molar-refractivity contribution in [2.24, 2.45) is 0 Å². The Morgan fingerprint density at radius 3 is 2.02 bits per heavy atom. The van der Waals surface area contributed by atoms with Crippen LogP contribution in [0, 0.1) is 6.92 Å². The van der Waals surface area contributed by atoms with Crippen molar-refractivity contribution in [3.05, 3.63) is 151 Å². The van der Waals surface area contributed by atoms with Crippen molar-refractivity contribution in [3.63, 3.8) is 0 Å². The number of hydrogen-bond donors (Lipinski definition) is 0. The molecule has 0 spiro atoms. The van der Waals surface area contributed by atoms with Crippen LogP contribution < -0.4 is 4.90 Å². The van der Waals surface area contributed by atoms with Gasteiger partial charge in [-0.1, -0.05) is 103 Å². The van der Waals surface area contributed by atoms with Gasteiger partial charge in [0.25, 0.3) is 0 Å². The molecule has 0 aliphatic carbocycles. The van der Waals surface area contributed by atoms with E-state index < -0.39 is 0 Å². The van der Waals surface area contributed by atoms with Crippen LogP contribution in [0.15, 0.2) is 146 Å². The summed E-state index contributed by atoms with van der Waals surface area (Å²) in [4.78, 5) is 2.46. The van der Waals surface area contributed by atoms with Gasteiger partial charge in [-0.3, -0.25) is 0 Å². The molecule has 0 amide bonds. The van der Waals surface area contributed by atoms with Gasteiger partial charge in [0.1, 0.15) is 0 Å². The van der Waals surface area contributed by atoms with E-state index in [0.29, 0.717) is 0 Å². The first-order valence-electron chi connectivity index (χ1n) is 14.0. The minimum Gasteiger partial charge on any atom is -0.310 e. The number of hydrogen-bond acceptors (Lipinski definition) is 2. The second-order valence-electron chi connectivity index (χ2n) is 10.6. The summed E-state index contributed by atoms with van der Waals surface area (Å²) in [5, 5.41) is 7.60. The zero-order chi connectivity index (χ0) is 27.3. The normalized spacial score (nSPS) is 11.5. The average Bonchev–Trinajstić information content (AvgIpc) is 3.40. The number of anilines is 3. The fourth-order valence-electron chi connectivity index (χ4n) is 6.17. The number of benzene rings is 7. The summed E-state index contributed by atoms with van der Waals surface area (Å²) in [5.74, 6) is 0. The molecular weight excluding hydrogens is 515 g/mol. The van der Waals surface area contributed by atoms with Gasteiger partial charge in [-0.25, -0.2) is 0 Å². The van der Waals surface area contributed by atoms with Crippen LogP contribution in [0.25, 0.3) is 52.8 Å². The van der Waals surface area contributed by atoms with Gasteiger partial charge in [-0.15, -0.1) is 11.3 Å². The third-order valence-electron chi connectivity index (χ3n) is 8.16. The fourth-order valence-corrected chi connectivity index (χ4v) is 7.26. The van der Waals surface area contributed by atoms with Crippen molar-refractivity contribution in [1.29, 1.82) is 0 Å². The Morgan fingerprint density at radius 1 is 0.463 bits per heavy atom. The van der Waals surface area contributed by atoms with E-state index in [9.17, 15) is 0 Å². The van der Waals surface area contributed by atoms with E-state index in [1.165, 1.54) is 69.8 Å². The van der Waals surface area contributed by atoms with Gasteiger partial charge in [-0.2, -0.15) is 0 Å². The van der Waals surface area contributed by atoms with Crippen LogP contribution in [0.5, 0.6) is 0 Å². The molecule has 2 heteroatoms. The minimum absolute atomic E-state index is 1.16. The molecule has 194 valence electrons. The summed E-state index contributed by atoms with van der Waals surface area (Å²) in [6.07, 6.45) is 0. The van der Waals surface area contributed by atoms with E-state index in [1.807, 2.05) is 11.3 Å². The highest BCUT2D eigenvalue weighted by atomic mass is 32.1. The number of thiophene rings is 1. The topological polar surface area (TPSA) is 3.24 Å². The quantitative estimate of drug-likeness (QED) is 0.214. The predicted molar refractivity (Wildman–Crippen MR) is 179 cm³/mol. The maximum Gasteiger partial charge on any atom is 0.0546 e. The van der Waals surface area contributed by atoms with Gasteiger partial charge in [0, 0.05) is 37.1 Å². The first-order chi connectivity index (χ1) is 20.2. The summed E-state index contributed by atoms with van der Waals surface area (Å²) in [7, 11) is 0. The Balaban J connectivity index is 1.45. The van der Waals surface area contributed by atoms with Crippen molar-refractivity contribution < 1.29 is 0 Å². The van der Waals surface area contributed by atoms with E-state index in [2.05, 4.69) is 157 Å². The van der Waals surface area contributed by atoms with Gasteiger partial charge in [0.2, 0.25) is 0 Å². The van der Waals surface area contributed by atoms with Crippen LogP contribution in [-0.2, 0) is 0 Å². The van der Waals surface area contributed by atoms with E-state index >= 15 is 0 Å². The summed E-state index contributed by atoms with van der Waals surface area (Å²) >= 11 is 1.86. The Kier molecular flexibility index (Phi) is 5.61. The Hall–Kier alpha value is -4.92. The smallest absolute Gasteiger partial charge is 0.0546 e. The maximum atomic E-state index is 2.46. The Bertz CT molecular complexity index is 2240. The van der Waals surface area contributed by atoms with Crippen molar-refractivity contribution in [2.75, 3.05) is 4.90 Å². The zero-order valence-corrected chi connectivity index (χ0v) is 23.5. The van der Waals surface area contributed by atoms with Crippen molar-refractivity contribution in [3.8, 4) is 11.1 Å². The molecule has 0 aliphatic rings. The van der Waals surface area contributed by atoms with Crippen LogP contribution >= 0.6 is 11.3 Å². The third-order valence-corrected chi connectivity index (χ3v) is 9.31. The number of rotatable bonds is 4. The lowest BCUT2D eigenvalue weighted by atomic mass is 9.93.